The van der Waals surface area contributed by atoms with E-state index in [1.54, 1.807) is 11.1 Å². The summed E-state index contributed by atoms with van der Waals surface area (Å²) in [7, 11) is 1.48. The van der Waals surface area contributed by atoms with Crippen LogP contribution in [0.3, 0.4) is 0 Å². The fourth-order valence-electron chi connectivity index (χ4n) is 4.41. The summed E-state index contributed by atoms with van der Waals surface area (Å²) < 4.78 is 4.70. The second-order valence-electron chi connectivity index (χ2n) is 8.10. The van der Waals surface area contributed by atoms with E-state index >= 15 is 0 Å². The molecule has 1 fully saturated rings. The monoisotopic (exact) mass is 350 g/mol. The highest BCUT2D eigenvalue weighted by atomic mass is 16.5. The fourth-order valence-corrected chi connectivity index (χ4v) is 4.41. The molecule has 25 heavy (non-hydrogen) atoms. The zero-order valence-electron chi connectivity index (χ0n) is 17.4. The molecule has 1 rings (SSSR count). The van der Waals surface area contributed by atoms with Gasteiger partial charge in [0.15, 0.2) is 0 Å². The normalized spacial score (nSPS) is 21.3. The van der Waals surface area contributed by atoms with E-state index in [4.69, 9.17) is 4.74 Å². The Kier molecular flexibility index (Phi) is 11.9. The van der Waals surface area contributed by atoms with Crippen molar-refractivity contribution in [1.82, 2.24) is 0 Å². The lowest BCUT2D eigenvalue weighted by molar-refractivity contribution is -0.140. The van der Waals surface area contributed by atoms with Crippen LogP contribution in [0.15, 0.2) is 11.1 Å². The van der Waals surface area contributed by atoms with E-state index in [-0.39, 0.29) is 5.97 Å². The second kappa shape index (κ2) is 13.4. The van der Waals surface area contributed by atoms with Crippen molar-refractivity contribution in [1.29, 1.82) is 0 Å². The summed E-state index contributed by atoms with van der Waals surface area (Å²) in [6.07, 6.45) is 17.7. The van der Waals surface area contributed by atoms with Gasteiger partial charge in [0, 0.05) is 6.42 Å². The maximum Gasteiger partial charge on any atom is 0.305 e. The van der Waals surface area contributed by atoms with Crippen molar-refractivity contribution in [2.75, 3.05) is 7.11 Å². The van der Waals surface area contributed by atoms with Crippen molar-refractivity contribution in [2.45, 2.75) is 111 Å². The lowest BCUT2D eigenvalue weighted by Gasteiger charge is -2.23. The first-order valence-corrected chi connectivity index (χ1v) is 10.8. The van der Waals surface area contributed by atoms with Crippen molar-refractivity contribution in [3.63, 3.8) is 0 Å². The van der Waals surface area contributed by atoms with E-state index in [2.05, 4.69) is 20.8 Å². The molecule has 2 atom stereocenters. The van der Waals surface area contributed by atoms with E-state index < -0.39 is 0 Å². The Morgan fingerprint density at radius 2 is 1.60 bits per heavy atom. The fraction of sp³-hybridized carbons (Fsp3) is 0.870. The Balaban J connectivity index is 2.28. The van der Waals surface area contributed by atoms with E-state index in [9.17, 15) is 4.79 Å². The third kappa shape index (κ3) is 8.92. The molecule has 0 aliphatic heterocycles. The molecule has 0 amide bonds. The molecule has 0 N–H and O–H groups in total. The molecule has 2 heteroatoms. The lowest BCUT2D eigenvalue weighted by Crippen LogP contribution is -2.11. The number of ether oxygens (including phenoxy) is 1. The molecule has 146 valence electrons. The Morgan fingerprint density at radius 3 is 2.32 bits per heavy atom. The number of allylic oxidation sites excluding steroid dienone is 2. The summed E-state index contributed by atoms with van der Waals surface area (Å²) in [5.74, 6) is 1.69. The highest BCUT2D eigenvalue weighted by Gasteiger charge is 2.28. The number of unbranched alkanes of at least 4 members (excludes halogenated alkanes) is 6. The number of rotatable bonds is 13. The molecule has 2 nitrogen and oxygen atoms in total. The van der Waals surface area contributed by atoms with Crippen molar-refractivity contribution >= 4 is 5.97 Å². The van der Waals surface area contributed by atoms with Crippen LogP contribution in [0.4, 0.5) is 0 Å². The molecule has 0 bridgehead atoms. The molecule has 0 aromatic rings. The van der Waals surface area contributed by atoms with Crippen LogP contribution < -0.4 is 0 Å². The van der Waals surface area contributed by atoms with Gasteiger partial charge >= 0.3 is 5.97 Å². The van der Waals surface area contributed by atoms with Crippen LogP contribution in [-0.2, 0) is 9.53 Å². The largest absolute Gasteiger partial charge is 0.469 e. The van der Waals surface area contributed by atoms with E-state index in [1.807, 2.05) is 0 Å². The van der Waals surface area contributed by atoms with Gasteiger partial charge in [-0.05, 0) is 64.2 Å². The molecule has 1 saturated carbocycles. The first-order chi connectivity index (χ1) is 12.1. The molecule has 0 heterocycles. The van der Waals surface area contributed by atoms with Crippen LogP contribution in [-0.4, -0.2) is 13.1 Å². The molecule has 0 radical (unpaired) electrons. The van der Waals surface area contributed by atoms with Gasteiger partial charge in [-0.3, -0.25) is 4.79 Å². The lowest BCUT2D eigenvalue weighted by atomic mass is 9.83. The summed E-state index contributed by atoms with van der Waals surface area (Å²) in [6.45, 7) is 7.07. The zero-order valence-corrected chi connectivity index (χ0v) is 17.4. The topological polar surface area (TPSA) is 26.3 Å². The van der Waals surface area contributed by atoms with Crippen molar-refractivity contribution in [3.05, 3.63) is 11.1 Å². The van der Waals surface area contributed by atoms with Gasteiger partial charge in [0.05, 0.1) is 7.11 Å². The van der Waals surface area contributed by atoms with Gasteiger partial charge in [-0.25, -0.2) is 0 Å². The van der Waals surface area contributed by atoms with Crippen LogP contribution in [0.2, 0.25) is 0 Å². The Labute approximate surface area is 156 Å². The highest BCUT2D eigenvalue weighted by Crippen LogP contribution is 2.41. The third-order valence-electron chi connectivity index (χ3n) is 6.23. The zero-order chi connectivity index (χ0) is 18.5. The molecule has 0 aromatic heterocycles. The number of hydrogen-bond donors (Lipinski definition) is 0. The summed E-state index contributed by atoms with van der Waals surface area (Å²) >= 11 is 0. The Hall–Kier alpha value is -0.790. The number of esters is 1. The van der Waals surface area contributed by atoms with Crippen LogP contribution >= 0.6 is 0 Å². The summed E-state index contributed by atoms with van der Waals surface area (Å²) in [5, 5.41) is 0. The first-order valence-electron chi connectivity index (χ1n) is 10.8. The van der Waals surface area contributed by atoms with E-state index in [1.165, 1.54) is 77.7 Å². The molecular formula is C23H42O2. The predicted octanol–water partition coefficient (Wildman–Crippen LogP) is 7.22. The number of carbonyl (C=O) groups is 1. The van der Waals surface area contributed by atoms with Gasteiger partial charge in [-0.2, -0.15) is 0 Å². The average molecular weight is 351 g/mol. The maximum absolute atomic E-state index is 11.1. The van der Waals surface area contributed by atoms with Gasteiger partial charge in [-0.1, -0.05) is 63.0 Å². The molecule has 0 spiro atoms. The molecule has 1 aliphatic rings. The van der Waals surface area contributed by atoms with Crippen LogP contribution in [0.25, 0.3) is 0 Å². The van der Waals surface area contributed by atoms with Crippen LogP contribution in [0.5, 0.6) is 0 Å². The molecule has 1 aliphatic carbocycles. The van der Waals surface area contributed by atoms with Crippen molar-refractivity contribution < 1.29 is 9.53 Å². The van der Waals surface area contributed by atoms with Gasteiger partial charge in [-0.15, -0.1) is 0 Å². The maximum atomic E-state index is 11.1. The van der Waals surface area contributed by atoms with Gasteiger partial charge in [0.25, 0.3) is 0 Å². The molecular weight excluding hydrogens is 308 g/mol. The molecule has 0 unspecified atom stereocenters. The van der Waals surface area contributed by atoms with Gasteiger partial charge in [0.2, 0.25) is 0 Å². The van der Waals surface area contributed by atoms with Gasteiger partial charge < -0.3 is 4.74 Å². The quantitative estimate of drug-likeness (QED) is 0.199. The SMILES string of the molecule is CCCCCCC(C)=C(C)[C@H]1CCC[C@@H]1CCCCCCC(=O)OC. The minimum absolute atomic E-state index is 0.0639. The Morgan fingerprint density at radius 1 is 0.920 bits per heavy atom. The van der Waals surface area contributed by atoms with Gasteiger partial charge in [0.1, 0.15) is 0 Å². The molecule has 0 saturated heterocycles. The predicted molar refractivity (Wildman–Crippen MR) is 108 cm³/mol. The number of methoxy groups -OCH3 is 1. The van der Waals surface area contributed by atoms with Crippen molar-refractivity contribution in [2.24, 2.45) is 11.8 Å². The van der Waals surface area contributed by atoms with Crippen LogP contribution in [0, 0.1) is 11.8 Å². The Bertz CT molecular complexity index is 397. The second-order valence-corrected chi connectivity index (χ2v) is 8.10. The van der Waals surface area contributed by atoms with E-state index in [0.717, 1.165) is 24.7 Å². The third-order valence-corrected chi connectivity index (χ3v) is 6.23. The summed E-state index contributed by atoms with van der Waals surface area (Å²) in [5.41, 5.74) is 3.38. The first kappa shape index (κ1) is 22.3. The highest BCUT2D eigenvalue weighted by molar-refractivity contribution is 5.68. The average Bonchev–Trinajstić information content (AvgIpc) is 3.08. The minimum Gasteiger partial charge on any atom is -0.469 e. The standard InChI is InChI=1S/C23H42O2/c1-5-6-7-10-14-19(2)20(3)22-17-13-16-21(22)15-11-8-9-12-18-23(24)25-4/h21-22H,5-18H2,1-4H3/t21-,22+/m0/s1. The van der Waals surface area contributed by atoms with Crippen molar-refractivity contribution in [3.8, 4) is 0 Å². The number of carbonyl (C=O) groups excluding carboxylic acids is 1. The smallest absolute Gasteiger partial charge is 0.305 e. The summed E-state index contributed by atoms with van der Waals surface area (Å²) in [4.78, 5) is 11.1. The van der Waals surface area contributed by atoms with Crippen LogP contribution in [0.1, 0.15) is 111 Å². The van der Waals surface area contributed by atoms with E-state index in [0.29, 0.717) is 6.42 Å². The molecule has 0 aromatic carbocycles. The summed E-state index contributed by atoms with van der Waals surface area (Å²) in [6, 6.07) is 0. The number of hydrogen-bond acceptors (Lipinski definition) is 2. The minimum atomic E-state index is -0.0639.